The maximum atomic E-state index is 11.9. The molecule has 2 atom stereocenters. The largest absolute Gasteiger partial charge is 0.480 e. The van der Waals surface area contributed by atoms with Crippen LogP contribution >= 0.6 is 11.8 Å². The lowest BCUT2D eigenvalue weighted by atomic mass is 10.1. The van der Waals surface area contributed by atoms with Crippen LogP contribution in [0.2, 0.25) is 0 Å². The number of carboxylic acids is 1. The molecule has 2 N–H and O–H groups in total. The van der Waals surface area contributed by atoms with Gasteiger partial charge in [0.15, 0.2) is 0 Å². The first-order valence-corrected chi connectivity index (χ1v) is 7.01. The molecule has 6 heteroatoms. The Balaban J connectivity index is 2.47. The van der Waals surface area contributed by atoms with Gasteiger partial charge in [0.2, 0.25) is 5.91 Å². The van der Waals surface area contributed by atoms with Crippen molar-refractivity contribution in [2.24, 2.45) is 0 Å². The predicted molar refractivity (Wildman–Crippen MR) is 68.2 cm³/mol. The summed E-state index contributed by atoms with van der Waals surface area (Å²) in [5, 5.41) is 12.3. The molecule has 98 valence electrons. The summed E-state index contributed by atoms with van der Waals surface area (Å²) in [6, 6.07) is -0.534. The van der Waals surface area contributed by atoms with Gasteiger partial charge in [-0.3, -0.25) is 4.79 Å². The lowest BCUT2D eigenvalue weighted by Crippen LogP contribution is -2.46. The van der Waals surface area contributed by atoms with E-state index < -0.39 is 12.0 Å². The van der Waals surface area contributed by atoms with Crippen LogP contribution in [0, 0.1) is 0 Å². The normalized spacial score (nSPS) is 21.9. The third kappa shape index (κ3) is 4.20. The molecule has 0 aromatic rings. The Morgan fingerprint density at radius 1 is 1.59 bits per heavy atom. The van der Waals surface area contributed by atoms with E-state index in [0.717, 1.165) is 18.1 Å². The molecule has 17 heavy (non-hydrogen) atoms. The third-order valence-electron chi connectivity index (χ3n) is 2.95. The standard InChI is InChI=1S/C11H20N2O3S/c1-3-9(11(15)16)13(2)10(14)6-8-7-17-5-4-12-8/h8-9,12H,3-7H2,1-2H3,(H,15,16). The van der Waals surface area contributed by atoms with Gasteiger partial charge < -0.3 is 15.3 Å². The number of aliphatic carboxylic acids is 1. The molecule has 0 saturated carbocycles. The van der Waals surface area contributed by atoms with Crippen LogP contribution in [0.25, 0.3) is 0 Å². The molecule has 1 fully saturated rings. The van der Waals surface area contributed by atoms with Gasteiger partial charge in [-0.1, -0.05) is 6.92 Å². The Labute approximate surface area is 106 Å². The summed E-state index contributed by atoms with van der Waals surface area (Å²) < 4.78 is 0. The monoisotopic (exact) mass is 260 g/mol. The molecule has 0 bridgehead atoms. The molecule has 0 spiro atoms. The van der Waals surface area contributed by atoms with E-state index in [1.54, 1.807) is 14.0 Å². The molecule has 1 amide bonds. The fourth-order valence-corrected chi connectivity index (χ4v) is 2.84. The Kier molecular flexibility index (Phi) is 5.77. The molecule has 1 saturated heterocycles. The second-order valence-electron chi connectivity index (χ2n) is 4.20. The van der Waals surface area contributed by atoms with Crippen LogP contribution in [0.5, 0.6) is 0 Å². The molecule has 2 unspecified atom stereocenters. The first kappa shape index (κ1) is 14.3. The van der Waals surface area contributed by atoms with Crippen molar-refractivity contribution < 1.29 is 14.7 Å². The highest BCUT2D eigenvalue weighted by molar-refractivity contribution is 7.99. The molecule has 0 aromatic heterocycles. The van der Waals surface area contributed by atoms with Gasteiger partial charge in [-0.15, -0.1) is 0 Å². The number of nitrogens with zero attached hydrogens (tertiary/aromatic N) is 1. The van der Waals surface area contributed by atoms with E-state index in [-0.39, 0.29) is 11.9 Å². The number of hydrogen-bond donors (Lipinski definition) is 2. The van der Waals surface area contributed by atoms with Gasteiger partial charge in [0, 0.05) is 37.6 Å². The van der Waals surface area contributed by atoms with Crippen LogP contribution in [-0.2, 0) is 9.59 Å². The minimum atomic E-state index is -0.936. The summed E-state index contributed by atoms with van der Waals surface area (Å²) in [4.78, 5) is 24.2. The van der Waals surface area contributed by atoms with Crippen molar-refractivity contribution in [3.8, 4) is 0 Å². The zero-order valence-electron chi connectivity index (χ0n) is 10.3. The lowest BCUT2D eigenvalue weighted by Gasteiger charge is -2.28. The van der Waals surface area contributed by atoms with Gasteiger partial charge in [-0.05, 0) is 6.42 Å². The van der Waals surface area contributed by atoms with Gasteiger partial charge in [-0.2, -0.15) is 11.8 Å². The summed E-state index contributed by atoms with van der Waals surface area (Å²) in [5.41, 5.74) is 0. The van der Waals surface area contributed by atoms with Crippen LogP contribution in [0.15, 0.2) is 0 Å². The predicted octanol–water partition coefficient (Wildman–Crippen LogP) is 0.403. The third-order valence-corrected chi connectivity index (χ3v) is 4.08. The number of amides is 1. The highest BCUT2D eigenvalue weighted by Crippen LogP contribution is 2.12. The average Bonchev–Trinajstić information content (AvgIpc) is 2.30. The summed E-state index contributed by atoms with van der Waals surface area (Å²) in [6.45, 7) is 2.69. The quantitative estimate of drug-likeness (QED) is 0.749. The summed E-state index contributed by atoms with van der Waals surface area (Å²) in [7, 11) is 1.57. The molecule has 0 radical (unpaired) electrons. The smallest absolute Gasteiger partial charge is 0.326 e. The molecule has 1 aliphatic rings. The van der Waals surface area contributed by atoms with E-state index in [9.17, 15) is 9.59 Å². The number of hydrogen-bond acceptors (Lipinski definition) is 4. The number of carboxylic acid groups (broad SMARTS) is 1. The second-order valence-corrected chi connectivity index (χ2v) is 5.35. The number of rotatable bonds is 5. The van der Waals surface area contributed by atoms with E-state index in [2.05, 4.69) is 5.32 Å². The van der Waals surface area contributed by atoms with Gasteiger partial charge in [-0.25, -0.2) is 4.79 Å². The fourth-order valence-electron chi connectivity index (χ4n) is 1.89. The van der Waals surface area contributed by atoms with E-state index in [1.165, 1.54) is 4.90 Å². The fraction of sp³-hybridized carbons (Fsp3) is 0.818. The first-order chi connectivity index (χ1) is 8.06. The van der Waals surface area contributed by atoms with Crippen LogP contribution in [0.4, 0.5) is 0 Å². The topological polar surface area (TPSA) is 69.6 Å². The van der Waals surface area contributed by atoms with Gasteiger partial charge in [0.05, 0.1) is 0 Å². The lowest BCUT2D eigenvalue weighted by molar-refractivity contribution is -0.149. The maximum absolute atomic E-state index is 11.9. The zero-order chi connectivity index (χ0) is 12.8. The summed E-state index contributed by atoms with van der Waals surface area (Å²) in [6.07, 6.45) is 0.817. The molecule has 5 nitrogen and oxygen atoms in total. The van der Waals surface area contributed by atoms with E-state index in [0.29, 0.717) is 12.8 Å². The number of carbonyl (C=O) groups excluding carboxylic acids is 1. The molecular weight excluding hydrogens is 240 g/mol. The minimum Gasteiger partial charge on any atom is -0.480 e. The van der Waals surface area contributed by atoms with Crippen molar-refractivity contribution in [3.05, 3.63) is 0 Å². The van der Waals surface area contributed by atoms with Crippen molar-refractivity contribution >= 4 is 23.6 Å². The average molecular weight is 260 g/mol. The van der Waals surface area contributed by atoms with Crippen LogP contribution in [0.1, 0.15) is 19.8 Å². The Hall–Kier alpha value is -0.750. The molecule has 1 aliphatic heterocycles. The van der Waals surface area contributed by atoms with E-state index in [4.69, 9.17) is 5.11 Å². The number of nitrogens with one attached hydrogen (secondary N) is 1. The first-order valence-electron chi connectivity index (χ1n) is 5.85. The van der Waals surface area contributed by atoms with Crippen LogP contribution in [0.3, 0.4) is 0 Å². The van der Waals surface area contributed by atoms with Crippen molar-refractivity contribution in [1.82, 2.24) is 10.2 Å². The van der Waals surface area contributed by atoms with Crippen molar-refractivity contribution in [1.29, 1.82) is 0 Å². The molecule has 0 aromatic carbocycles. The van der Waals surface area contributed by atoms with Crippen molar-refractivity contribution in [2.45, 2.75) is 31.8 Å². The molecule has 0 aliphatic carbocycles. The van der Waals surface area contributed by atoms with Gasteiger partial charge in [0.1, 0.15) is 6.04 Å². The SMILES string of the molecule is CCC(C(=O)O)N(C)C(=O)CC1CSCCN1. The molecule has 1 heterocycles. The Bertz CT molecular complexity index is 280. The molecule has 1 rings (SSSR count). The van der Waals surface area contributed by atoms with Gasteiger partial charge >= 0.3 is 5.97 Å². The summed E-state index contributed by atoms with van der Waals surface area (Å²) >= 11 is 1.83. The van der Waals surface area contributed by atoms with E-state index in [1.807, 2.05) is 11.8 Å². The second kappa shape index (κ2) is 6.86. The highest BCUT2D eigenvalue weighted by atomic mass is 32.2. The highest BCUT2D eigenvalue weighted by Gasteiger charge is 2.26. The number of thioether (sulfide) groups is 1. The number of carbonyl (C=O) groups is 2. The number of likely N-dealkylation sites (N-methyl/N-ethyl adjacent to an activating group) is 1. The van der Waals surface area contributed by atoms with Crippen LogP contribution < -0.4 is 5.32 Å². The van der Waals surface area contributed by atoms with Crippen LogP contribution in [-0.4, -0.2) is 59.1 Å². The van der Waals surface area contributed by atoms with Crippen molar-refractivity contribution in [3.63, 3.8) is 0 Å². The minimum absolute atomic E-state index is 0.0979. The zero-order valence-corrected chi connectivity index (χ0v) is 11.1. The molecular formula is C11H20N2O3S. The van der Waals surface area contributed by atoms with E-state index >= 15 is 0 Å². The van der Waals surface area contributed by atoms with Crippen molar-refractivity contribution in [2.75, 3.05) is 25.1 Å². The van der Waals surface area contributed by atoms with Gasteiger partial charge in [0.25, 0.3) is 0 Å². The maximum Gasteiger partial charge on any atom is 0.326 e. The Morgan fingerprint density at radius 3 is 2.76 bits per heavy atom. The summed E-state index contributed by atoms with van der Waals surface area (Å²) in [5.74, 6) is 0.963. The Morgan fingerprint density at radius 2 is 2.29 bits per heavy atom.